The van der Waals surface area contributed by atoms with Crippen LogP contribution < -0.4 is 11.1 Å². The lowest BCUT2D eigenvalue weighted by Crippen LogP contribution is -2.45. The van der Waals surface area contributed by atoms with E-state index < -0.39 is 0 Å². The fraction of sp³-hybridized carbons (Fsp3) is 0.500. The van der Waals surface area contributed by atoms with Crippen molar-refractivity contribution >= 4 is 27.5 Å². The number of hydrogen-bond acceptors (Lipinski definition) is 4. The van der Waals surface area contributed by atoms with Crippen molar-refractivity contribution in [3.63, 3.8) is 0 Å². The number of hydrogen-bond donors (Lipinski definition) is 2. The van der Waals surface area contributed by atoms with Gasteiger partial charge >= 0.3 is 0 Å². The number of nitrogens with zero attached hydrogens (tertiary/aromatic N) is 2. The highest BCUT2D eigenvalue weighted by Gasteiger charge is 2.09. The second-order valence-corrected chi connectivity index (χ2v) is 7.15. The van der Waals surface area contributed by atoms with E-state index in [1.165, 1.54) is 0 Å². The first-order chi connectivity index (χ1) is 8.47. The zero-order chi connectivity index (χ0) is 13.4. The molecule has 0 aliphatic heterocycles. The Hall–Kier alpha value is -0.880. The van der Waals surface area contributed by atoms with Crippen LogP contribution in [0.3, 0.4) is 0 Å². The molecule has 1 aromatic rings. The zero-order valence-corrected chi connectivity index (χ0v) is 12.6. The Bertz CT molecular complexity index is 373. The molecule has 0 amide bonds. The normalized spacial score (nSPS) is 12.5. The van der Waals surface area contributed by atoms with Crippen LogP contribution in [-0.2, 0) is 0 Å². The molecule has 3 N–H and O–H groups in total. The van der Waals surface area contributed by atoms with Crippen LogP contribution in [0, 0.1) is 0 Å². The summed E-state index contributed by atoms with van der Waals surface area (Å²) in [4.78, 5) is 8.50. The van der Waals surface area contributed by atoms with Crippen LogP contribution in [0.25, 0.3) is 0 Å². The van der Waals surface area contributed by atoms with E-state index in [0.29, 0.717) is 12.5 Å². The molecule has 0 fully saturated rings. The number of pyridine rings is 1. The Labute approximate surface area is 117 Å². The minimum atomic E-state index is -0.0383. The lowest BCUT2D eigenvalue weighted by molar-refractivity contribution is 0.508. The highest BCUT2D eigenvalue weighted by Crippen LogP contribution is 2.28. The van der Waals surface area contributed by atoms with Gasteiger partial charge in [-0.2, -0.15) is 0 Å². The molecule has 0 atom stereocenters. The molecule has 4 nitrogen and oxygen atoms in total. The van der Waals surface area contributed by atoms with Crippen LogP contribution in [-0.4, -0.2) is 28.8 Å². The molecule has 1 heterocycles. The summed E-state index contributed by atoms with van der Waals surface area (Å²) in [6, 6.07) is 5.90. The second-order valence-electron chi connectivity index (χ2n) is 4.72. The minimum Gasteiger partial charge on any atom is -0.370 e. The van der Waals surface area contributed by atoms with Crippen molar-refractivity contribution < 1.29 is 0 Å². The minimum absolute atomic E-state index is 0.0383. The van der Waals surface area contributed by atoms with Gasteiger partial charge in [-0.25, -0.2) is 4.98 Å². The molecule has 0 bridgehead atoms. The average molecular weight is 284 g/mol. The number of guanidine groups is 1. The zero-order valence-electron chi connectivity index (χ0n) is 11.0. The van der Waals surface area contributed by atoms with E-state index in [4.69, 9.17) is 5.73 Å². The molecule has 0 saturated carbocycles. The number of aliphatic imine (C=N–C) groups is 1. The smallest absolute Gasteiger partial charge is 0.189 e. The van der Waals surface area contributed by atoms with Crippen molar-refractivity contribution in [1.29, 1.82) is 0 Å². The van der Waals surface area contributed by atoms with Gasteiger partial charge in [-0.05, 0) is 43.7 Å². The topological polar surface area (TPSA) is 63.3 Å². The molecule has 0 unspecified atom stereocenters. The highest BCUT2D eigenvalue weighted by atomic mass is 33.1. The lowest BCUT2D eigenvalue weighted by atomic mass is 10.1. The maximum atomic E-state index is 5.76. The monoisotopic (exact) mass is 284 g/mol. The first-order valence-electron chi connectivity index (χ1n) is 5.76. The number of rotatable bonds is 5. The summed E-state index contributed by atoms with van der Waals surface area (Å²) in [6.45, 7) is 6.88. The van der Waals surface area contributed by atoms with Gasteiger partial charge in [-0.1, -0.05) is 16.9 Å². The van der Waals surface area contributed by atoms with Crippen LogP contribution in [0.2, 0.25) is 0 Å². The van der Waals surface area contributed by atoms with E-state index in [1.54, 1.807) is 27.8 Å². The molecule has 18 heavy (non-hydrogen) atoms. The number of nitrogens with two attached hydrogens (primary N) is 1. The van der Waals surface area contributed by atoms with Gasteiger partial charge in [0.1, 0.15) is 5.03 Å². The molecule has 0 radical (unpaired) electrons. The van der Waals surface area contributed by atoms with Gasteiger partial charge in [0.2, 0.25) is 0 Å². The second kappa shape index (κ2) is 7.53. The Kier molecular flexibility index (Phi) is 6.35. The van der Waals surface area contributed by atoms with Gasteiger partial charge in [0.15, 0.2) is 5.96 Å². The number of aromatic nitrogens is 1. The van der Waals surface area contributed by atoms with E-state index in [9.17, 15) is 0 Å². The standard InChI is InChI=1S/C12H20N4S2/c1-12(2,3)16-11(13)15-8-9-17-18-10-6-4-5-7-14-10/h4-7H,8-9H2,1-3H3,(H3,13,15,16). The Balaban J connectivity index is 2.17. The Morgan fingerprint density at radius 2 is 2.22 bits per heavy atom. The summed E-state index contributed by atoms with van der Waals surface area (Å²) in [5.74, 6) is 1.42. The van der Waals surface area contributed by atoms with E-state index in [1.807, 2.05) is 18.2 Å². The van der Waals surface area contributed by atoms with Crippen molar-refractivity contribution in [3.8, 4) is 0 Å². The molecule has 6 heteroatoms. The molecule has 0 aromatic carbocycles. The highest BCUT2D eigenvalue weighted by molar-refractivity contribution is 8.76. The van der Waals surface area contributed by atoms with E-state index in [0.717, 1.165) is 10.8 Å². The maximum absolute atomic E-state index is 5.76. The molecule has 0 saturated heterocycles. The molecule has 1 aromatic heterocycles. The summed E-state index contributed by atoms with van der Waals surface area (Å²) in [6.07, 6.45) is 1.80. The van der Waals surface area contributed by atoms with E-state index >= 15 is 0 Å². The molecule has 1 rings (SSSR count). The summed E-state index contributed by atoms with van der Waals surface area (Å²) in [7, 11) is 3.39. The Morgan fingerprint density at radius 3 is 2.83 bits per heavy atom. The Morgan fingerprint density at radius 1 is 1.44 bits per heavy atom. The van der Waals surface area contributed by atoms with Gasteiger partial charge in [0.05, 0.1) is 6.54 Å². The number of nitrogens with one attached hydrogen (secondary N) is 1. The lowest BCUT2D eigenvalue weighted by Gasteiger charge is -2.20. The molecule has 0 spiro atoms. The van der Waals surface area contributed by atoms with E-state index in [2.05, 4.69) is 36.1 Å². The molecule has 100 valence electrons. The van der Waals surface area contributed by atoms with E-state index in [-0.39, 0.29) is 5.54 Å². The van der Waals surface area contributed by atoms with Crippen molar-refractivity contribution in [2.75, 3.05) is 12.3 Å². The van der Waals surface area contributed by atoms with Crippen LogP contribution in [0.1, 0.15) is 20.8 Å². The third-order valence-corrected chi connectivity index (χ3v) is 3.99. The van der Waals surface area contributed by atoms with Crippen molar-refractivity contribution in [1.82, 2.24) is 10.3 Å². The predicted molar refractivity (Wildman–Crippen MR) is 81.9 cm³/mol. The maximum Gasteiger partial charge on any atom is 0.189 e. The quantitative estimate of drug-likeness (QED) is 0.376. The summed E-state index contributed by atoms with van der Waals surface area (Å²) >= 11 is 0. The van der Waals surface area contributed by atoms with Gasteiger partial charge in [-0.3, -0.25) is 4.99 Å². The van der Waals surface area contributed by atoms with Crippen LogP contribution in [0.5, 0.6) is 0 Å². The van der Waals surface area contributed by atoms with Gasteiger partial charge in [0.25, 0.3) is 0 Å². The van der Waals surface area contributed by atoms with Gasteiger partial charge in [-0.15, -0.1) is 0 Å². The van der Waals surface area contributed by atoms with Crippen molar-refractivity contribution in [2.24, 2.45) is 10.7 Å². The fourth-order valence-electron chi connectivity index (χ4n) is 1.13. The fourth-order valence-corrected chi connectivity index (χ4v) is 2.87. The van der Waals surface area contributed by atoms with Crippen LogP contribution in [0.4, 0.5) is 0 Å². The van der Waals surface area contributed by atoms with Gasteiger partial charge in [0, 0.05) is 17.5 Å². The third kappa shape index (κ3) is 7.45. The first kappa shape index (κ1) is 15.2. The third-order valence-electron chi connectivity index (χ3n) is 1.74. The predicted octanol–water partition coefficient (Wildman–Crippen LogP) is 2.52. The largest absolute Gasteiger partial charge is 0.370 e. The first-order valence-corrected chi connectivity index (χ1v) is 8.08. The molecular weight excluding hydrogens is 264 g/mol. The van der Waals surface area contributed by atoms with Crippen LogP contribution in [0.15, 0.2) is 34.4 Å². The van der Waals surface area contributed by atoms with Crippen LogP contribution >= 0.6 is 21.6 Å². The summed E-state index contributed by atoms with van der Waals surface area (Å²) in [5, 5.41) is 4.15. The van der Waals surface area contributed by atoms with Gasteiger partial charge < -0.3 is 11.1 Å². The SMILES string of the molecule is CC(C)(C)NC(N)=NCCSSc1ccccn1. The summed E-state index contributed by atoms with van der Waals surface area (Å²) in [5.41, 5.74) is 5.73. The molecule has 0 aliphatic rings. The average Bonchev–Trinajstić information content (AvgIpc) is 2.27. The molecular formula is C12H20N4S2. The molecule has 0 aliphatic carbocycles. The van der Waals surface area contributed by atoms with Crippen molar-refractivity contribution in [3.05, 3.63) is 24.4 Å². The van der Waals surface area contributed by atoms with Crippen molar-refractivity contribution in [2.45, 2.75) is 31.3 Å². The summed E-state index contributed by atoms with van der Waals surface area (Å²) < 4.78 is 0.